The number of nitro groups is 1. The van der Waals surface area contributed by atoms with E-state index >= 15 is 0 Å². The van der Waals surface area contributed by atoms with E-state index in [-0.39, 0.29) is 11.5 Å². The van der Waals surface area contributed by atoms with E-state index in [1.807, 2.05) is 55.5 Å². The minimum absolute atomic E-state index is 0.220. The second-order valence-corrected chi connectivity index (χ2v) is 5.13. The molecule has 0 aliphatic carbocycles. The van der Waals surface area contributed by atoms with Crippen LogP contribution < -0.4 is 0 Å². The molecule has 1 unspecified atom stereocenters. The first-order valence-corrected chi connectivity index (χ1v) is 6.79. The van der Waals surface area contributed by atoms with E-state index in [1.54, 1.807) is 0 Å². The average molecular weight is 281 g/mol. The standard InChI is InChI=1S/C17H15NO3/c1-12-5-4-6-13(9-12)10-16-14-7-2-3-8-15(14)17(21-16)11-18(19)20/h2-10,17H,11H2,1H3/b16-10-. The first-order valence-electron chi connectivity index (χ1n) is 6.79. The third kappa shape index (κ3) is 2.79. The number of rotatable bonds is 3. The van der Waals surface area contributed by atoms with Crippen LogP contribution >= 0.6 is 0 Å². The van der Waals surface area contributed by atoms with Gasteiger partial charge in [-0.1, -0.05) is 54.1 Å². The van der Waals surface area contributed by atoms with Crippen molar-refractivity contribution in [1.82, 2.24) is 0 Å². The second kappa shape index (κ2) is 5.40. The summed E-state index contributed by atoms with van der Waals surface area (Å²) >= 11 is 0. The zero-order chi connectivity index (χ0) is 14.8. The Morgan fingerprint density at radius 2 is 2.05 bits per heavy atom. The molecule has 3 rings (SSSR count). The van der Waals surface area contributed by atoms with Gasteiger partial charge in [-0.15, -0.1) is 0 Å². The number of ether oxygens (including phenoxy) is 1. The Bertz CT molecular complexity index is 721. The van der Waals surface area contributed by atoms with Gasteiger partial charge in [-0.2, -0.15) is 0 Å². The topological polar surface area (TPSA) is 52.4 Å². The zero-order valence-corrected chi connectivity index (χ0v) is 11.7. The molecule has 2 aromatic carbocycles. The summed E-state index contributed by atoms with van der Waals surface area (Å²) in [6, 6.07) is 15.7. The molecule has 2 aromatic rings. The quantitative estimate of drug-likeness (QED) is 0.634. The summed E-state index contributed by atoms with van der Waals surface area (Å²) < 4.78 is 5.81. The maximum atomic E-state index is 10.8. The smallest absolute Gasteiger partial charge is 0.244 e. The van der Waals surface area contributed by atoms with Gasteiger partial charge >= 0.3 is 0 Å². The molecule has 1 atom stereocenters. The fraction of sp³-hybridized carbons (Fsp3) is 0.176. The largest absolute Gasteiger partial charge is 0.478 e. The molecule has 4 nitrogen and oxygen atoms in total. The predicted molar refractivity (Wildman–Crippen MR) is 81.2 cm³/mol. The highest BCUT2D eigenvalue weighted by Gasteiger charge is 2.31. The molecule has 0 fully saturated rings. The first kappa shape index (κ1) is 13.4. The lowest BCUT2D eigenvalue weighted by Crippen LogP contribution is -2.11. The molecule has 1 heterocycles. The normalized spacial score (nSPS) is 18.3. The first-order chi connectivity index (χ1) is 10.1. The summed E-state index contributed by atoms with van der Waals surface area (Å²) in [5.41, 5.74) is 4.01. The number of fused-ring (bicyclic) bond motifs is 1. The van der Waals surface area contributed by atoms with E-state index in [4.69, 9.17) is 4.74 Å². The van der Waals surface area contributed by atoms with E-state index in [1.165, 1.54) is 0 Å². The Labute approximate surface area is 122 Å². The highest BCUT2D eigenvalue weighted by atomic mass is 16.6. The van der Waals surface area contributed by atoms with Gasteiger partial charge in [0.15, 0.2) is 6.10 Å². The van der Waals surface area contributed by atoms with Crippen molar-refractivity contribution in [1.29, 1.82) is 0 Å². The van der Waals surface area contributed by atoms with Crippen LogP contribution in [-0.2, 0) is 4.74 Å². The molecule has 0 radical (unpaired) electrons. The highest BCUT2D eigenvalue weighted by Crippen LogP contribution is 2.39. The van der Waals surface area contributed by atoms with Crippen LogP contribution in [0.2, 0.25) is 0 Å². The fourth-order valence-corrected chi connectivity index (χ4v) is 2.58. The van der Waals surface area contributed by atoms with Gasteiger partial charge in [0.2, 0.25) is 6.54 Å². The van der Waals surface area contributed by atoms with Gasteiger partial charge in [0, 0.05) is 16.1 Å². The monoisotopic (exact) mass is 281 g/mol. The molecular formula is C17H15NO3. The average Bonchev–Trinajstić information content (AvgIpc) is 2.77. The van der Waals surface area contributed by atoms with Crippen LogP contribution in [0.15, 0.2) is 48.5 Å². The van der Waals surface area contributed by atoms with Crippen LogP contribution in [-0.4, -0.2) is 11.5 Å². The predicted octanol–water partition coefficient (Wildman–Crippen LogP) is 3.84. The van der Waals surface area contributed by atoms with Crippen molar-refractivity contribution in [2.24, 2.45) is 0 Å². The van der Waals surface area contributed by atoms with Crippen LogP contribution in [0.4, 0.5) is 0 Å². The molecule has 1 aliphatic heterocycles. The van der Waals surface area contributed by atoms with E-state index < -0.39 is 6.10 Å². The van der Waals surface area contributed by atoms with Crippen molar-refractivity contribution >= 4 is 11.8 Å². The van der Waals surface area contributed by atoms with Gasteiger partial charge < -0.3 is 4.74 Å². The fourth-order valence-electron chi connectivity index (χ4n) is 2.58. The molecule has 21 heavy (non-hydrogen) atoms. The lowest BCUT2D eigenvalue weighted by molar-refractivity contribution is -0.490. The summed E-state index contributed by atoms with van der Waals surface area (Å²) in [5, 5.41) is 10.8. The van der Waals surface area contributed by atoms with Gasteiger partial charge in [0.25, 0.3) is 0 Å². The molecular weight excluding hydrogens is 266 g/mol. The summed E-state index contributed by atoms with van der Waals surface area (Å²) in [6.45, 7) is 1.81. The maximum absolute atomic E-state index is 10.8. The van der Waals surface area contributed by atoms with Crippen molar-refractivity contribution < 1.29 is 9.66 Å². The zero-order valence-electron chi connectivity index (χ0n) is 11.7. The maximum Gasteiger partial charge on any atom is 0.244 e. The Hall–Kier alpha value is -2.62. The van der Waals surface area contributed by atoms with E-state index in [9.17, 15) is 10.1 Å². The van der Waals surface area contributed by atoms with Crippen LogP contribution in [0.25, 0.3) is 11.8 Å². The summed E-state index contributed by atoms with van der Waals surface area (Å²) in [7, 11) is 0. The lowest BCUT2D eigenvalue weighted by atomic mass is 10.0. The van der Waals surface area contributed by atoms with Crippen LogP contribution in [0, 0.1) is 17.0 Å². The minimum atomic E-state index is -0.507. The Kier molecular flexibility index (Phi) is 3.44. The van der Waals surface area contributed by atoms with E-state index in [0.717, 1.165) is 22.3 Å². The number of benzene rings is 2. The number of nitrogens with zero attached hydrogens (tertiary/aromatic N) is 1. The second-order valence-electron chi connectivity index (χ2n) is 5.13. The number of aryl methyl sites for hydroxylation is 1. The molecule has 0 bridgehead atoms. The van der Waals surface area contributed by atoms with Gasteiger partial charge in [-0.3, -0.25) is 10.1 Å². The summed E-state index contributed by atoms with van der Waals surface area (Å²) in [4.78, 5) is 10.4. The summed E-state index contributed by atoms with van der Waals surface area (Å²) in [5.74, 6) is 0.697. The number of hydrogen-bond donors (Lipinski definition) is 0. The van der Waals surface area contributed by atoms with E-state index in [0.29, 0.717) is 5.76 Å². The van der Waals surface area contributed by atoms with Crippen molar-refractivity contribution in [3.05, 3.63) is 80.9 Å². The van der Waals surface area contributed by atoms with Gasteiger partial charge in [-0.25, -0.2) is 0 Å². The molecule has 106 valence electrons. The summed E-state index contributed by atoms with van der Waals surface area (Å²) in [6.07, 6.45) is 1.43. The Morgan fingerprint density at radius 3 is 2.81 bits per heavy atom. The Morgan fingerprint density at radius 1 is 1.24 bits per heavy atom. The van der Waals surface area contributed by atoms with Crippen molar-refractivity contribution in [3.63, 3.8) is 0 Å². The van der Waals surface area contributed by atoms with Crippen LogP contribution in [0.1, 0.15) is 28.4 Å². The van der Waals surface area contributed by atoms with Crippen LogP contribution in [0.3, 0.4) is 0 Å². The van der Waals surface area contributed by atoms with Crippen molar-refractivity contribution in [2.45, 2.75) is 13.0 Å². The minimum Gasteiger partial charge on any atom is -0.478 e. The lowest BCUT2D eigenvalue weighted by Gasteiger charge is -2.06. The van der Waals surface area contributed by atoms with Crippen molar-refractivity contribution in [2.75, 3.05) is 6.54 Å². The molecule has 1 aliphatic rings. The molecule has 0 saturated heterocycles. The SMILES string of the molecule is Cc1cccc(/C=C2\OC(C[N+](=O)[O-])c3ccccc32)c1. The molecule has 0 amide bonds. The molecule has 0 spiro atoms. The van der Waals surface area contributed by atoms with Gasteiger partial charge in [0.1, 0.15) is 5.76 Å². The third-order valence-electron chi connectivity index (χ3n) is 3.50. The van der Waals surface area contributed by atoms with Crippen molar-refractivity contribution in [3.8, 4) is 0 Å². The molecule has 0 saturated carbocycles. The molecule has 0 N–H and O–H groups in total. The Balaban J connectivity index is 1.99. The highest BCUT2D eigenvalue weighted by molar-refractivity contribution is 5.81. The number of hydrogen-bond acceptors (Lipinski definition) is 3. The molecule has 0 aromatic heterocycles. The van der Waals surface area contributed by atoms with E-state index in [2.05, 4.69) is 6.07 Å². The van der Waals surface area contributed by atoms with Gasteiger partial charge in [0.05, 0.1) is 0 Å². The third-order valence-corrected chi connectivity index (χ3v) is 3.50. The van der Waals surface area contributed by atoms with Crippen LogP contribution in [0.5, 0.6) is 0 Å². The molecule has 4 heteroatoms. The van der Waals surface area contributed by atoms with Gasteiger partial charge in [-0.05, 0) is 18.6 Å².